The molecule has 1 unspecified atom stereocenters. The van der Waals surface area contributed by atoms with Gasteiger partial charge in [0.2, 0.25) is 0 Å². The second kappa shape index (κ2) is 5.96. The molecule has 2 aromatic carbocycles. The maximum atomic E-state index is 14.5. The predicted molar refractivity (Wildman–Crippen MR) is 83.3 cm³/mol. The standard InChI is InChI=1S/C18H21FN2/c1-12-6-4-11-16(17(12)19)18(21-20)15-10-3-2-9-14(15)13-7-5-8-13/h2-4,6,9-11,13,18,21H,5,7-8,20H2,1H3. The molecular weight excluding hydrogens is 263 g/mol. The van der Waals surface area contributed by atoms with Crippen LogP contribution in [0.4, 0.5) is 4.39 Å². The van der Waals surface area contributed by atoms with Gasteiger partial charge in [-0.2, -0.15) is 0 Å². The van der Waals surface area contributed by atoms with Crippen molar-refractivity contribution in [2.75, 3.05) is 0 Å². The third kappa shape index (κ3) is 2.59. The molecule has 2 nitrogen and oxygen atoms in total. The van der Waals surface area contributed by atoms with Gasteiger partial charge >= 0.3 is 0 Å². The van der Waals surface area contributed by atoms with Crippen molar-refractivity contribution in [3.8, 4) is 0 Å². The molecule has 2 aromatic rings. The number of hydrogen-bond donors (Lipinski definition) is 2. The van der Waals surface area contributed by atoms with Crippen molar-refractivity contribution >= 4 is 0 Å². The molecule has 0 aromatic heterocycles. The molecule has 0 bridgehead atoms. The molecular formula is C18H21FN2. The third-order valence-electron chi connectivity index (χ3n) is 4.55. The summed E-state index contributed by atoms with van der Waals surface area (Å²) in [5.74, 6) is 6.18. The van der Waals surface area contributed by atoms with Crippen LogP contribution in [0.2, 0.25) is 0 Å². The Morgan fingerprint density at radius 2 is 1.81 bits per heavy atom. The van der Waals surface area contributed by atoms with Crippen LogP contribution in [0.3, 0.4) is 0 Å². The van der Waals surface area contributed by atoms with E-state index in [0.717, 1.165) is 5.56 Å². The Morgan fingerprint density at radius 1 is 1.10 bits per heavy atom. The first-order valence-electron chi connectivity index (χ1n) is 7.52. The van der Waals surface area contributed by atoms with Crippen molar-refractivity contribution in [3.05, 3.63) is 70.5 Å². The fraction of sp³-hybridized carbons (Fsp3) is 0.333. The van der Waals surface area contributed by atoms with E-state index in [4.69, 9.17) is 5.84 Å². The summed E-state index contributed by atoms with van der Waals surface area (Å²) in [6.45, 7) is 1.78. The molecule has 1 aliphatic carbocycles. The Labute approximate surface area is 125 Å². The average molecular weight is 284 g/mol. The van der Waals surface area contributed by atoms with Crippen LogP contribution >= 0.6 is 0 Å². The van der Waals surface area contributed by atoms with E-state index >= 15 is 0 Å². The fourth-order valence-electron chi connectivity index (χ4n) is 3.10. The first-order chi connectivity index (χ1) is 10.2. The van der Waals surface area contributed by atoms with E-state index < -0.39 is 0 Å². The lowest BCUT2D eigenvalue weighted by Crippen LogP contribution is -2.31. The maximum Gasteiger partial charge on any atom is 0.131 e. The van der Waals surface area contributed by atoms with Gasteiger partial charge in [-0.15, -0.1) is 0 Å². The number of nitrogens with two attached hydrogens (primary N) is 1. The molecule has 0 amide bonds. The summed E-state index contributed by atoms with van der Waals surface area (Å²) in [4.78, 5) is 0. The van der Waals surface area contributed by atoms with E-state index in [9.17, 15) is 4.39 Å². The third-order valence-corrected chi connectivity index (χ3v) is 4.55. The summed E-state index contributed by atoms with van der Waals surface area (Å²) in [7, 11) is 0. The van der Waals surface area contributed by atoms with E-state index in [0.29, 0.717) is 17.0 Å². The number of hydrazine groups is 1. The highest BCUT2D eigenvalue weighted by atomic mass is 19.1. The Morgan fingerprint density at radius 3 is 2.48 bits per heavy atom. The maximum absolute atomic E-state index is 14.5. The molecule has 0 saturated heterocycles. The minimum atomic E-state index is -0.304. The molecule has 3 heteroatoms. The summed E-state index contributed by atoms with van der Waals surface area (Å²) >= 11 is 0. The van der Waals surface area contributed by atoms with Crippen LogP contribution in [-0.4, -0.2) is 0 Å². The van der Waals surface area contributed by atoms with Crippen LogP contribution in [0.25, 0.3) is 0 Å². The van der Waals surface area contributed by atoms with E-state index in [1.54, 1.807) is 13.0 Å². The normalized spacial score (nSPS) is 16.5. The van der Waals surface area contributed by atoms with E-state index in [2.05, 4.69) is 23.6 Å². The number of rotatable bonds is 4. The number of nitrogens with one attached hydrogen (secondary N) is 1. The van der Waals surface area contributed by atoms with Crippen LogP contribution in [0.15, 0.2) is 42.5 Å². The Hall–Kier alpha value is -1.71. The smallest absolute Gasteiger partial charge is 0.131 e. The number of benzene rings is 2. The summed E-state index contributed by atoms with van der Waals surface area (Å²) in [5, 5.41) is 0. The van der Waals surface area contributed by atoms with Gasteiger partial charge in [-0.1, -0.05) is 48.9 Å². The first-order valence-corrected chi connectivity index (χ1v) is 7.52. The van der Waals surface area contributed by atoms with Gasteiger partial charge in [-0.05, 0) is 42.4 Å². The van der Waals surface area contributed by atoms with Crippen molar-refractivity contribution in [1.29, 1.82) is 0 Å². The van der Waals surface area contributed by atoms with Crippen molar-refractivity contribution in [1.82, 2.24) is 5.43 Å². The van der Waals surface area contributed by atoms with E-state index in [1.807, 2.05) is 18.2 Å². The second-order valence-corrected chi connectivity index (χ2v) is 5.83. The highest BCUT2D eigenvalue weighted by Gasteiger charge is 2.26. The van der Waals surface area contributed by atoms with Gasteiger partial charge in [0.1, 0.15) is 5.82 Å². The van der Waals surface area contributed by atoms with Crippen molar-refractivity contribution < 1.29 is 4.39 Å². The summed E-state index contributed by atoms with van der Waals surface area (Å²) in [6.07, 6.45) is 3.70. The monoisotopic (exact) mass is 284 g/mol. The predicted octanol–water partition coefficient (Wildman–Crippen LogP) is 3.95. The fourth-order valence-corrected chi connectivity index (χ4v) is 3.10. The van der Waals surface area contributed by atoms with Gasteiger partial charge in [0.15, 0.2) is 0 Å². The van der Waals surface area contributed by atoms with Gasteiger partial charge in [-0.3, -0.25) is 5.84 Å². The number of halogens is 1. The van der Waals surface area contributed by atoms with Gasteiger partial charge in [0.25, 0.3) is 0 Å². The summed E-state index contributed by atoms with van der Waals surface area (Å²) in [6, 6.07) is 13.4. The Balaban J connectivity index is 2.06. The number of aryl methyl sites for hydroxylation is 1. The molecule has 110 valence electrons. The molecule has 1 fully saturated rings. The molecule has 21 heavy (non-hydrogen) atoms. The molecule has 3 rings (SSSR count). The zero-order chi connectivity index (χ0) is 14.8. The van der Waals surface area contributed by atoms with Crippen LogP contribution in [0.5, 0.6) is 0 Å². The molecule has 0 aliphatic heterocycles. The van der Waals surface area contributed by atoms with Gasteiger partial charge in [0, 0.05) is 5.56 Å². The molecule has 1 aliphatic rings. The molecule has 1 saturated carbocycles. The first kappa shape index (κ1) is 14.2. The lowest BCUT2D eigenvalue weighted by atomic mass is 9.76. The average Bonchev–Trinajstić information content (AvgIpc) is 2.44. The van der Waals surface area contributed by atoms with Crippen LogP contribution in [0, 0.1) is 12.7 Å². The largest absolute Gasteiger partial charge is 0.271 e. The lowest BCUT2D eigenvalue weighted by molar-refractivity contribution is 0.413. The summed E-state index contributed by atoms with van der Waals surface area (Å²) in [5.41, 5.74) is 6.46. The van der Waals surface area contributed by atoms with Crippen molar-refractivity contribution in [2.24, 2.45) is 5.84 Å². The molecule has 0 radical (unpaired) electrons. The van der Waals surface area contributed by atoms with Gasteiger partial charge in [-0.25, -0.2) is 9.82 Å². The van der Waals surface area contributed by atoms with Gasteiger partial charge < -0.3 is 0 Å². The SMILES string of the molecule is Cc1cccc(C(NN)c2ccccc2C2CCC2)c1F. The van der Waals surface area contributed by atoms with E-state index in [1.165, 1.54) is 24.8 Å². The molecule has 1 atom stereocenters. The Bertz CT molecular complexity index is 635. The van der Waals surface area contributed by atoms with Crippen molar-refractivity contribution in [3.63, 3.8) is 0 Å². The molecule has 0 heterocycles. The molecule has 0 spiro atoms. The van der Waals surface area contributed by atoms with E-state index in [-0.39, 0.29) is 11.9 Å². The topological polar surface area (TPSA) is 38.0 Å². The zero-order valence-corrected chi connectivity index (χ0v) is 12.3. The lowest BCUT2D eigenvalue weighted by Gasteiger charge is -2.30. The van der Waals surface area contributed by atoms with Crippen LogP contribution in [-0.2, 0) is 0 Å². The highest BCUT2D eigenvalue weighted by molar-refractivity contribution is 5.41. The minimum Gasteiger partial charge on any atom is -0.271 e. The van der Waals surface area contributed by atoms with Gasteiger partial charge in [0.05, 0.1) is 6.04 Å². The quantitative estimate of drug-likeness (QED) is 0.659. The summed E-state index contributed by atoms with van der Waals surface area (Å²) < 4.78 is 14.5. The van der Waals surface area contributed by atoms with Crippen LogP contribution in [0.1, 0.15) is 53.5 Å². The highest BCUT2D eigenvalue weighted by Crippen LogP contribution is 2.40. The minimum absolute atomic E-state index is 0.177. The second-order valence-electron chi connectivity index (χ2n) is 5.83. The Kier molecular flexibility index (Phi) is 4.04. The van der Waals surface area contributed by atoms with Crippen LogP contribution < -0.4 is 11.3 Å². The number of hydrogen-bond acceptors (Lipinski definition) is 2. The zero-order valence-electron chi connectivity index (χ0n) is 12.3. The van der Waals surface area contributed by atoms with Crippen molar-refractivity contribution in [2.45, 2.75) is 38.1 Å². The molecule has 3 N–H and O–H groups in total.